The normalized spacial score (nSPS) is 14.7. The van der Waals surface area contributed by atoms with Gasteiger partial charge in [0.05, 0.1) is 25.3 Å². The SMILES string of the molecule is COC(=O)c1cc(Nc2ncnc(N3CCN(Cc4ccc5c(c4)OCO5)CC3)c2N)cc(C(=O)OC)c1. The minimum atomic E-state index is -0.589. The van der Waals surface area contributed by atoms with Crippen LogP contribution in [-0.2, 0) is 16.0 Å². The van der Waals surface area contributed by atoms with Gasteiger partial charge in [0.1, 0.15) is 12.0 Å². The highest BCUT2D eigenvalue weighted by Crippen LogP contribution is 2.33. The molecular weight excluding hydrogens is 492 g/mol. The lowest BCUT2D eigenvalue weighted by atomic mass is 10.1. The highest BCUT2D eigenvalue weighted by atomic mass is 16.7. The third-order valence-corrected chi connectivity index (χ3v) is 6.42. The summed E-state index contributed by atoms with van der Waals surface area (Å²) in [5, 5.41) is 3.10. The van der Waals surface area contributed by atoms with Gasteiger partial charge in [0.15, 0.2) is 23.1 Å². The predicted molar refractivity (Wildman–Crippen MR) is 139 cm³/mol. The molecule has 12 heteroatoms. The van der Waals surface area contributed by atoms with Gasteiger partial charge in [0, 0.05) is 38.4 Å². The lowest BCUT2D eigenvalue weighted by Gasteiger charge is -2.36. The Morgan fingerprint density at radius 3 is 2.32 bits per heavy atom. The van der Waals surface area contributed by atoms with Crippen molar-refractivity contribution >= 4 is 34.9 Å². The molecule has 3 aromatic rings. The molecule has 2 aliphatic rings. The minimum absolute atomic E-state index is 0.185. The molecule has 198 valence electrons. The number of hydrogen-bond donors (Lipinski definition) is 2. The minimum Gasteiger partial charge on any atom is -0.465 e. The lowest BCUT2D eigenvalue weighted by molar-refractivity contribution is 0.0599. The molecule has 0 radical (unpaired) electrons. The van der Waals surface area contributed by atoms with Gasteiger partial charge < -0.3 is 34.9 Å². The molecule has 2 aromatic carbocycles. The molecular formula is C26H28N6O6. The average molecular weight is 521 g/mol. The van der Waals surface area contributed by atoms with Gasteiger partial charge in [-0.3, -0.25) is 4.90 Å². The number of esters is 2. The van der Waals surface area contributed by atoms with Crippen LogP contribution >= 0.6 is 0 Å². The summed E-state index contributed by atoms with van der Waals surface area (Å²) in [4.78, 5) is 37.4. The van der Waals surface area contributed by atoms with Gasteiger partial charge in [0.25, 0.3) is 0 Å². The summed E-state index contributed by atoms with van der Waals surface area (Å²) in [6, 6.07) is 10.5. The van der Waals surface area contributed by atoms with Crippen LogP contribution in [0.5, 0.6) is 11.5 Å². The molecule has 1 saturated heterocycles. The quantitative estimate of drug-likeness (QED) is 0.442. The highest BCUT2D eigenvalue weighted by molar-refractivity contribution is 5.97. The first-order valence-electron chi connectivity index (χ1n) is 12.0. The molecule has 3 N–H and O–H groups in total. The summed E-state index contributed by atoms with van der Waals surface area (Å²) in [6.45, 7) is 4.17. The van der Waals surface area contributed by atoms with Crippen LogP contribution in [0.4, 0.5) is 23.0 Å². The van der Waals surface area contributed by atoms with E-state index in [9.17, 15) is 9.59 Å². The zero-order valence-corrected chi connectivity index (χ0v) is 21.1. The summed E-state index contributed by atoms with van der Waals surface area (Å²) in [5.41, 5.74) is 8.79. The Morgan fingerprint density at radius 2 is 1.63 bits per heavy atom. The molecule has 1 aromatic heterocycles. The number of nitrogens with one attached hydrogen (secondary N) is 1. The van der Waals surface area contributed by atoms with E-state index in [0.717, 1.165) is 49.8 Å². The van der Waals surface area contributed by atoms with E-state index in [2.05, 4.69) is 31.2 Å². The van der Waals surface area contributed by atoms with Gasteiger partial charge in [-0.25, -0.2) is 19.6 Å². The number of fused-ring (bicyclic) bond motifs is 1. The predicted octanol–water partition coefficient (Wildman–Crippen LogP) is 2.43. The van der Waals surface area contributed by atoms with Crippen LogP contribution in [0.3, 0.4) is 0 Å². The third kappa shape index (κ3) is 5.25. The topological polar surface area (TPSA) is 141 Å². The zero-order valence-electron chi connectivity index (χ0n) is 21.1. The number of rotatable bonds is 7. The molecule has 0 spiro atoms. The van der Waals surface area contributed by atoms with Crippen molar-refractivity contribution in [1.29, 1.82) is 0 Å². The van der Waals surface area contributed by atoms with Gasteiger partial charge in [-0.2, -0.15) is 0 Å². The van der Waals surface area contributed by atoms with Crippen LogP contribution in [0.15, 0.2) is 42.7 Å². The maximum atomic E-state index is 12.1. The van der Waals surface area contributed by atoms with Crippen molar-refractivity contribution in [1.82, 2.24) is 14.9 Å². The number of aromatic nitrogens is 2. The van der Waals surface area contributed by atoms with Crippen molar-refractivity contribution in [3.63, 3.8) is 0 Å². The first-order valence-corrected chi connectivity index (χ1v) is 12.0. The second-order valence-corrected chi connectivity index (χ2v) is 8.82. The summed E-state index contributed by atoms with van der Waals surface area (Å²) >= 11 is 0. The van der Waals surface area contributed by atoms with E-state index in [0.29, 0.717) is 23.0 Å². The molecule has 0 atom stereocenters. The summed E-state index contributed by atoms with van der Waals surface area (Å²) in [7, 11) is 2.54. The fourth-order valence-corrected chi connectivity index (χ4v) is 4.46. The van der Waals surface area contributed by atoms with Gasteiger partial charge in [-0.1, -0.05) is 6.07 Å². The molecule has 2 aliphatic heterocycles. The number of hydrogen-bond acceptors (Lipinski definition) is 12. The van der Waals surface area contributed by atoms with E-state index in [1.165, 1.54) is 26.6 Å². The monoisotopic (exact) mass is 520 g/mol. The Labute approximate surface area is 219 Å². The molecule has 0 saturated carbocycles. The fourth-order valence-electron chi connectivity index (χ4n) is 4.46. The molecule has 0 unspecified atom stereocenters. The van der Waals surface area contributed by atoms with Crippen LogP contribution in [0.2, 0.25) is 0 Å². The Bertz CT molecular complexity index is 1320. The number of methoxy groups -OCH3 is 2. The molecule has 0 bridgehead atoms. The maximum absolute atomic E-state index is 12.1. The van der Waals surface area contributed by atoms with E-state index in [4.69, 9.17) is 24.7 Å². The number of carbonyl (C=O) groups is 2. The Hall–Kier alpha value is -4.58. The van der Waals surface area contributed by atoms with Crippen LogP contribution in [0.25, 0.3) is 0 Å². The van der Waals surface area contributed by atoms with Gasteiger partial charge in [0.2, 0.25) is 6.79 Å². The Kier molecular flexibility index (Phi) is 7.13. The third-order valence-electron chi connectivity index (χ3n) is 6.42. The van der Waals surface area contributed by atoms with Crippen LogP contribution in [-0.4, -0.2) is 74.0 Å². The number of benzene rings is 2. The van der Waals surface area contributed by atoms with E-state index in [1.807, 2.05) is 12.1 Å². The summed E-state index contributed by atoms with van der Waals surface area (Å²) in [6.07, 6.45) is 1.43. The smallest absolute Gasteiger partial charge is 0.337 e. The van der Waals surface area contributed by atoms with Crippen molar-refractivity contribution in [3.05, 3.63) is 59.4 Å². The molecule has 0 amide bonds. The number of ether oxygens (including phenoxy) is 4. The number of nitrogens with zero attached hydrogens (tertiary/aromatic N) is 4. The van der Waals surface area contributed by atoms with Crippen molar-refractivity contribution < 1.29 is 28.5 Å². The molecule has 0 aliphatic carbocycles. The van der Waals surface area contributed by atoms with Gasteiger partial charge in [-0.15, -0.1) is 0 Å². The average Bonchev–Trinajstić information content (AvgIpc) is 3.41. The first-order chi connectivity index (χ1) is 18.4. The molecule has 38 heavy (non-hydrogen) atoms. The van der Waals surface area contributed by atoms with Crippen molar-refractivity contribution in [2.75, 3.05) is 63.1 Å². The molecule has 12 nitrogen and oxygen atoms in total. The number of nitrogens with two attached hydrogens (primary N) is 1. The number of carbonyl (C=O) groups excluding carboxylic acids is 2. The van der Waals surface area contributed by atoms with Gasteiger partial charge >= 0.3 is 11.9 Å². The lowest BCUT2D eigenvalue weighted by Crippen LogP contribution is -2.46. The summed E-state index contributed by atoms with van der Waals surface area (Å²) in [5.74, 6) is 1.35. The maximum Gasteiger partial charge on any atom is 0.337 e. The van der Waals surface area contributed by atoms with Crippen molar-refractivity contribution in [2.24, 2.45) is 0 Å². The number of nitrogen functional groups attached to an aromatic ring is 1. The van der Waals surface area contributed by atoms with Crippen molar-refractivity contribution in [2.45, 2.75) is 6.54 Å². The summed E-state index contributed by atoms with van der Waals surface area (Å²) < 4.78 is 20.5. The largest absolute Gasteiger partial charge is 0.465 e. The molecule has 1 fully saturated rings. The highest BCUT2D eigenvalue weighted by Gasteiger charge is 2.23. The van der Waals surface area contributed by atoms with Crippen LogP contribution in [0, 0.1) is 0 Å². The molecule has 3 heterocycles. The zero-order chi connectivity index (χ0) is 26.6. The Balaban J connectivity index is 1.28. The second kappa shape index (κ2) is 10.8. The van der Waals surface area contributed by atoms with Crippen LogP contribution in [0.1, 0.15) is 26.3 Å². The molecule has 5 rings (SSSR count). The van der Waals surface area contributed by atoms with E-state index in [1.54, 1.807) is 12.1 Å². The van der Waals surface area contributed by atoms with E-state index < -0.39 is 11.9 Å². The Morgan fingerprint density at radius 1 is 0.947 bits per heavy atom. The number of anilines is 4. The van der Waals surface area contributed by atoms with E-state index in [-0.39, 0.29) is 17.9 Å². The van der Waals surface area contributed by atoms with Crippen LogP contribution < -0.4 is 25.4 Å². The van der Waals surface area contributed by atoms with Crippen molar-refractivity contribution in [3.8, 4) is 11.5 Å². The first kappa shape index (κ1) is 25.1. The second-order valence-electron chi connectivity index (χ2n) is 8.82. The number of piperazine rings is 1. The standard InChI is InChI=1S/C26H28N6O6/c1-35-25(33)17-10-18(26(34)36-2)12-19(11-17)30-23-22(27)24(29-14-28-23)32-7-5-31(6-8-32)13-16-3-4-20-21(9-16)38-15-37-20/h3-4,9-12,14H,5-8,13,15,27H2,1-2H3,(H,28,29,30). The fraction of sp³-hybridized carbons (Fsp3) is 0.308. The van der Waals surface area contributed by atoms with E-state index >= 15 is 0 Å². The van der Waals surface area contributed by atoms with Gasteiger partial charge in [-0.05, 0) is 35.9 Å².